The molecule has 0 fully saturated rings. The highest BCUT2D eigenvalue weighted by Crippen LogP contribution is 2.11. The summed E-state index contributed by atoms with van der Waals surface area (Å²) in [6.07, 6.45) is 0. The van der Waals surface area contributed by atoms with Crippen LogP contribution >= 0.6 is 12.9 Å². The van der Waals surface area contributed by atoms with Gasteiger partial charge in [-0.15, -0.1) is 0 Å². The van der Waals surface area contributed by atoms with Crippen molar-refractivity contribution in [1.29, 1.82) is 0 Å². The van der Waals surface area contributed by atoms with Crippen LogP contribution in [0.5, 0.6) is 0 Å². The molecule has 0 aliphatic heterocycles. The molecule has 1 aromatic carbocycles. The highest BCUT2D eigenvalue weighted by molar-refractivity contribution is 7.74. The van der Waals surface area contributed by atoms with Crippen LogP contribution < -0.4 is 0 Å². The molecule has 0 aliphatic rings. The fourth-order valence-electron chi connectivity index (χ4n) is 0.838. The van der Waals surface area contributed by atoms with Crippen LogP contribution in [0.15, 0.2) is 30.3 Å². The Morgan fingerprint density at radius 2 is 1.55 bits per heavy atom. The van der Waals surface area contributed by atoms with Gasteiger partial charge in [0.1, 0.15) is 0 Å². The third-order valence-corrected chi connectivity index (χ3v) is 1.47. The summed E-state index contributed by atoms with van der Waals surface area (Å²) in [6.45, 7) is 4.41. The van der Waals surface area contributed by atoms with Crippen molar-refractivity contribution in [2.45, 2.75) is 19.8 Å². The molecule has 0 unspecified atom stereocenters. The van der Waals surface area contributed by atoms with Crippen molar-refractivity contribution in [3.05, 3.63) is 35.9 Å². The number of rotatable bonds is 1. The zero-order chi connectivity index (χ0) is 8.69. The minimum atomic E-state index is 0.659. The smallest absolute Gasteiger partial charge is 0.0219 e. The fraction of sp³-hybridized carbons (Fsp3) is 0.333. The van der Waals surface area contributed by atoms with Gasteiger partial charge in [0.25, 0.3) is 0 Å². The molecule has 0 aromatic heterocycles. The highest BCUT2D eigenvalue weighted by atomic mass is 32.1. The fourth-order valence-corrected chi connectivity index (χ4v) is 0.838. The van der Waals surface area contributed by atoms with Gasteiger partial charge in [-0.05, 0) is 24.4 Å². The Hall–Kier alpha value is -0.470. The molecular formula is C9H14OS. The zero-order valence-corrected chi connectivity index (χ0v) is 7.75. The van der Waals surface area contributed by atoms with Crippen molar-refractivity contribution in [2.75, 3.05) is 0 Å². The predicted molar refractivity (Wildman–Crippen MR) is 52.1 cm³/mol. The normalized spacial score (nSPS) is 8.82. The van der Waals surface area contributed by atoms with Crippen molar-refractivity contribution in [2.24, 2.45) is 0 Å². The molecule has 0 bridgehead atoms. The SMILES string of the molecule is CC(C)c1ccccc1.OS. The lowest BCUT2D eigenvalue weighted by Crippen LogP contribution is -1.83. The van der Waals surface area contributed by atoms with Gasteiger partial charge in [0, 0.05) is 0 Å². The van der Waals surface area contributed by atoms with E-state index in [9.17, 15) is 0 Å². The van der Waals surface area contributed by atoms with E-state index in [-0.39, 0.29) is 0 Å². The molecule has 0 radical (unpaired) electrons. The second kappa shape index (κ2) is 6.25. The van der Waals surface area contributed by atoms with Gasteiger partial charge in [-0.1, -0.05) is 44.2 Å². The lowest BCUT2D eigenvalue weighted by Gasteiger charge is -2.01. The first-order chi connectivity index (χ1) is 5.30. The van der Waals surface area contributed by atoms with Gasteiger partial charge in [-0.25, -0.2) is 0 Å². The van der Waals surface area contributed by atoms with E-state index in [0.717, 1.165) is 0 Å². The summed E-state index contributed by atoms with van der Waals surface area (Å²) in [4.78, 5) is 0. The maximum Gasteiger partial charge on any atom is -0.0219 e. The third kappa shape index (κ3) is 4.06. The van der Waals surface area contributed by atoms with Gasteiger partial charge in [0.15, 0.2) is 0 Å². The molecule has 0 heterocycles. The minimum absolute atomic E-state index is 0.659. The average Bonchev–Trinajstić information content (AvgIpc) is 2.10. The van der Waals surface area contributed by atoms with Crippen molar-refractivity contribution in [3.63, 3.8) is 0 Å². The Bertz CT molecular complexity index is 172. The molecule has 0 saturated carbocycles. The first kappa shape index (κ1) is 10.5. The van der Waals surface area contributed by atoms with Gasteiger partial charge < -0.3 is 4.55 Å². The summed E-state index contributed by atoms with van der Waals surface area (Å²) in [5.41, 5.74) is 1.41. The second-order valence-electron chi connectivity index (χ2n) is 2.57. The molecule has 11 heavy (non-hydrogen) atoms. The number of benzene rings is 1. The summed E-state index contributed by atoms with van der Waals surface area (Å²) in [7, 11) is 0. The minimum Gasteiger partial charge on any atom is -0.333 e. The maximum absolute atomic E-state index is 6.69. The van der Waals surface area contributed by atoms with Gasteiger partial charge in [-0.3, -0.25) is 0 Å². The van der Waals surface area contributed by atoms with Crippen molar-refractivity contribution in [1.82, 2.24) is 0 Å². The van der Waals surface area contributed by atoms with Gasteiger partial charge in [0.05, 0.1) is 0 Å². The van der Waals surface area contributed by atoms with Gasteiger partial charge in [-0.2, -0.15) is 0 Å². The summed E-state index contributed by atoms with van der Waals surface area (Å²) in [6, 6.07) is 10.5. The summed E-state index contributed by atoms with van der Waals surface area (Å²) in [5, 5.41) is 0. The molecule has 62 valence electrons. The lowest BCUT2D eigenvalue weighted by molar-refractivity contribution is 0.679. The lowest BCUT2D eigenvalue weighted by atomic mass is 10.0. The van der Waals surface area contributed by atoms with E-state index >= 15 is 0 Å². The van der Waals surface area contributed by atoms with E-state index < -0.39 is 0 Å². The topological polar surface area (TPSA) is 20.2 Å². The average molecular weight is 170 g/mol. The Morgan fingerprint density at radius 1 is 1.09 bits per heavy atom. The highest BCUT2D eigenvalue weighted by Gasteiger charge is 1.93. The molecular weight excluding hydrogens is 156 g/mol. The molecule has 1 rings (SSSR count). The predicted octanol–water partition coefficient (Wildman–Crippen LogP) is 3.20. The van der Waals surface area contributed by atoms with Crippen LogP contribution in [-0.4, -0.2) is 4.55 Å². The zero-order valence-electron chi connectivity index (χ0n) is 6.86. The van der Waals surface area contributed by atoms with Crippen molar-refractivity contribution < 1.29 is 4.55 Å². The number of hydrogen-bond acceptors (Lipinski definition) is 2. The molecule has 0 saturated heterocycles. The van der Waals surface area contributed by atoms with Crippen LogP contribution in [0, 0.1) is 0 Å². The van der Waals surface area contributed by atoms with Crippen LogP contribution in [0.25, 0.3) is 0 Å². The van der Waals surface area contributed by atoms with E-state index in [1.807, 2.05) is 6.07 Å². The Morgan fingerprint density at radius 3 is 1.82 bits per heavy atom. The van der Waals surface area contributed by atoms with Crippen LogP contribution in [0.2, 0.25) is 0 Å². The summed E-state index contributed by atoms with van der Waals surface area (Å²) in [5.74, 6) is 0.659. The largest absolute Gasteiger partial charge is 0.333 e. The standard InChI is InChI=1S/C9H12.H2OS/c1-8(2)9-6-4-3-5-7-9;1-2/h3-8H,1-2H3;1-2H. The second-order valence-corrected chi connectivity index (χ2v) is 2.57. The van der Waals surface area contributed by atoms with E-state index in [1.54, 1.807) is 0 Å². The molecule has 1 nitrogen and oxygen atoms in total. The van der Waals surface area contributed by atoms with Crippen LogP contribution in [0.4, 0.5) is 0 Å². The van der Waals surface area contributed by atoms with Gasteiger partial charge in [0.2, 0.25) is 0 Å². The monoisotopic (exact) mass is 170 g/mol. The number of thiol groups is 1. The maximum atomic E-state index is 6.69. The summed E-state index contributed by atoms with van der Waals surface area (Å²) >= 11 is 2.53. The Kier molecular flexibility index (Phi) is 5.99. The number of hydrogen-bond donors (Lipinski definition) is 2. The molecule has 0 amide bonds. The molecule has 1 N–H and O–H groups in total. The molecule has 0 aliphatic carbocycles. The van der Waals surface area contributed by atoms with E-state index in [0.29, 0.717) is 5.92 Å². The van der Waals surface area contributed by atoms with E-state index in [1.165, 1.54) is 5.56 Å². The molecule has 0 spiro atoms. The van der Waals surface area contributed by atoms with Crippen LogP contribution in [-0.2, 0) is 0 Å². The van der Waals surface area contributed by atoms with Crippen LogP contribution in [0.3, 0.4) is 0 Å². The molecule has 2 heteroatoms. The molecule has 0 atom stereocenters. The quantitative estimate of drug-likeness (QED) is 0.490. The first-order valence-electron chi connectivity index (χ1n) is 3.55. The van der Waals surface area contributed by atoms with Crippen LogP contribution in [0.1, 0.15) is 25.3 Å². The Balaban J connectivity index is 0.000000461. The Labute approximate surface area is 73.7 Å². The first-order valence-corrected chi connectivity index (χ1v) is 3.95. The van der Waals surface area contributed by atoms with Crippen molar-refractivity contribution in [3.8, 4) is 0 Å². The van der Waals surface area contributed by atoms with E-state index in [2.05, 4.69) is 51.0 Å². The van der Waals surface area contributed by atoms with Gasteiger partial charge >= 0.3 is 0 Å². The van der Waals surface area contributed by atoms with Crippen molar-refractivity contribution >= 4 is 12.9 Å². The summed E-state index contributed by atoms with van der Waals surface area (Å²) < 4.78 is 6.69. The third-order valence-electron chi connectivity index (χ3n) is 1.47. The van der Waals surface area contributed by atoms with E-state index in [4.69, 9.17) is 4.55 Å². The molecule has 1 aromatic rings.